The van der Waals surface area contributed by atoms with Gasteiger partial charge >= 0.3 is 0 Å². The monoisotopic (exact) mass is 448 g/mol. The van der Waals surface area contributed by atoms with Crippen LogP contribution in [0, 0.1) is 6.92 Å². The molecule has 3 heterocycles. The van der Waals surface area contributed by atoms with Crippen molar-refractivity contribution >= 4 is 34.3 Å². The van der Waals surface area contributed by atoms with Crippen molar-refractivity contribution in [2.24, 2.45) is 0 Å². The van der Waals surface area contributed by atoms with E-state index in [9.17, 15) is 9.59 Å². The summed E-state index contributed by atoms with van der Waals surface area (Å²) in [7, 11) is 0. The standard InChI is InChI=1S/C24H17ClN2O5/c1-3-9-30-16-6-4-5-14(11-16)21-20-22(28)17-12-15(25)7-8-18(17)31-23(20)24(29)27(21)19-10-13(2)32-26-19/h3-8,10-12,21H,1,9H2,2H3/t21-/m1/s1. The zero-order valence-electron chi connectivity index (χ0n) is 17.0. The van der Waals surface area contributed by atoms with Crippen LogP contribution in [0.25, 0.3) is 11.0 Å². The number of aryl methyl sites for hydroxylation is 1. The van der Waals surface area contributed by atoms with E-state index in [4.69, 9.17) is 25.3 Å². The maximum Gasteiger partial charge on any atom is 0.296 e. The predicted octanol–water partition coefficient (Wildman–Crippen LogP) is 5.06. The molecule has 7 nitrogen and oxygen atoms in total. The molecule has 5 rings (SSSR count). The molecule has 2 aromatic heterocycles. The molecule has 0 saturated heterocycles. The fraction of sp³-hybridized carbons (Fsp3) is 0.125. The number of anilines is 1. The van der Waals surface area contributed by atoms with Crippen LogP contribution in [0.5, 0.6) is 5.75 Å². The number of rotatable bonds is 5. The van der Waals surface area contributed by atoms with Crippen LogP contribution in [-0.4, -0.2) is 17.7 Å². The van der Waals surface area contributed by atoms with Crippen LogP contribution < -0.4 is 15.1 Å². The third-order valence-corrected chi connectivity index (χ3v) is 5.47. The van der Waals surface area contributed by atoms with Crippen molar-refractivity contribution in [1.82, 2.24) is 5.16 Å². The minimum atomic E-state index is -0.783. The van der Waals surface area contributed by atoms with Gasteiger partial charge in [0, 0.05) is 11.1 Å². The highest BCUT2D eigenvalue weighted by Crippen LogP contribution is 2.41. The van der Waals surface area contributed by atoms with Crippen molar-refractivity contribution in [2.75, 3.05) is 11.5 Å². The molecule has 0 aliphatic carbocycles. The number of nitrogens with zero attached hydrogens (tertiary/aromatic N) is 2. The smallest absolute Gasteiger partial charge is 0.296 e. The highest BCUT2D eigenvalue weighted by atomic mass is 35.5. The maximum atomic E-state index is 13.6. The minimum absolute atomic E-state index is 0.0344. The summed E-state index contributed by atoms with van der Waals surface area (Å²) in [5, 5.41) is 4.71. The fourth-order valence-electron chi connectivity index (χ4n) is 3.89. The zero-order valence-corrected chi connectivity index (χ0v) is 17.8. The van der Waals surface area contributed by atoms with Gasteiger partial charge in [-0.15, -0.1) is 0 Å². The van der Waals surface area contributed by atoms with Crippen LogP contribution in [0.1, 0.15) is 33.5 Å². The van der Waals surface area contributed by atoms with Crippen molar-refractivity contribution in [2.45, 2.75) is 13.0 Å². The van der Waals surface area contributed by atoms with Gasteiger partial charge in [-0.1, -0.05) is 41.5 Å². The summed E-state index contributed by atoms with van der Waals surface area (Å²) in [6.07, 6.45) is 1.63. The van der Waals surface area contributed by atoms with E-state index in [0.717, 1.165) is 0 Å². The van der Waals surface area contributed by atoms with Crippen LogP contribution in [0.3, 0.4) is 0 Å². The molecule has 1 atom stereocenters. The van der Waals surface area contributed by atoms with Crippen LogP contribution >= 0.6 is 11.6 Å². The average molecular weight is 449 g/mol. The van der Waals surface area contributed by atoms with Crippen LogP contribution in [0.4, 0.5) is 5.82 Å². The lowest BCUT2D eigenvalue weighted by molar-refractivity contribution is 0.0969. The number of hydrogen-bond acceptors (Lipinski definition) is 6. The van der Waals surface area contributed by atoms with E-state index >= 15 is 0 Å². The van der Waals surface area contributed by atoms with Crippen molar-refractivity contribution in [3.63, 3.8) is 0 Å². The first kappa shape index (κ1) is 20.1. The number of fused-ring (bicyclic) bond motifs is 2. The van der Waals surface area contributed by atoms with E-state index in [1.165, 1.54) is 11.0 Å². The predicted molar refractivity (Wildman–Crippen MR) is 120 cm³/mol. The average Bonchev–Trinajstić information content (AvgIpc) is 3.34. The van der Waals surface area contributed by atoms with Crippen molar-refractivity contribution in [1.29, 1.82) is 0 Å². The number of carbonyl (C=O) groups is 1. The Bertz CT molecular complexity index is 1440. The van der Waals surface area contributed by atoms with Gasteiger partial charge in [-0.3, -0.25) is 14.5 Å². The molecule has 0 radical (unpaired) electrons. The summed E-state index contributed by atoms with van der Waals surface area (Å²) in [5.41, 5.74) is 0.827. The van der Waals surface area contributed by atoms with Crippen molar-refractivity contribution in [3.8, 4) is 5.75 Å². The molecule has 32 heavy (non-hydrogen) atoms. The lowest BCUT2D eigenvalue weighted by Crippen LogP contribution is -2.29. The largest absolute Gasteiger partial charge is 0.490 e. The molecule has 1 aliphatic heterocycles. The summed E-state index contributed by atoms with van der Waals surface area (Å²) in [4.78, 5) is 28.4. The van der Waals surface area contributed by atoms with Gasteiger partial charge in [0.1, 0.15) is 23.7 Å². The molecule has 1 aliphatic rings. The summed E-state index contributed by atoms with van der Waals surface area (Å²) >= 11 is 6.12. The van der Waals surface area contributed by atoms with Crippen LogP contribution in [-0.2, 0) is 0 Å². The first-order valence-corrected chi connectivity index (χ1v) is 10.2. The van der Waals surface area contributed by atoms with Gasteiger partial charge < -0.3 is 13.7 Å². The third kappa shape index (κ3) is 3.18. The molecule has 8 heteroatoms. The van der Waals surface area contributed by atoms with Gasteiger partial charge in [-0.05, 0) is 42.8 Å². The Kier molecular flexibility index (Phi) is 4.83. The van der Waals surface area contributed by atoms with Crippen LogP contribution in [0.2, 0.25) is 5.02 Å². The maximum absolute atomic E-state index is 13.6. The number of amides is 1. The topological polar surface area (TPSA) is 85.8 Å². The molecular weight excluding hydrogens is 432 g/mol. The van der Waals surface area contributed by atoms with Gasteiger partial charge in [0.15, 0.2) is 11.2 Å². The molecule has 2 aromatic carbocycles. The lowest BCUT2D eigenvalue weighted by Gasteiger charge is -2.22. The van der Waals surface area contributed by atoms with Crippen molar-refractivity contribution < 1.29 is 18.5 Å². The Morgan fingerprint density at radius 1 is 1.22 bits per heavy atom. The van der Waals surface area contributed by atoms with E-state index < -0.39 is 11.9 Å². The quantitative estimate of drug-likeness (QED) is 0.397. The molecule has 0 bridgehead atoms. The summed E-state index contributed by atoms with van der Waals surface area (Å²) in [5.74, 6) is 0.870. The highest BCUT2D eigenvalue weighted by molar-refractivity contribution is 6.31. The second-order valence-corrected chi connectivity index (χ2v) is 7.80. The third-order valence-electron chi connectivity index (χ3n) is 5.24. The molecule has 0 spiro atoms. The van der Waals surface area contributed by atoms with E-state index in [0.29, 0.717) is 34.1 Å². The second-order valence-electron chi connectivity index (χ2n) is 7.36. The Balaban J connectivity index is 1.77. The fourth-order valence-corrected chi connectivity index (χ4v) is 4.07. The molecular formula is C24H17ClN2O5. The van der Waals surface area contributed by atoms with Gasteiger partial charge in [0.05, 0.1) is 17.0 Å². The van der Waals surface area contributed by atoms with Gasteiger partial charge in [-0.25, -0.2) is 0 Å². The number of halogens is 1. The van der Waals surface area contributed by atoms with Crippen molar-refractivity contribution in [3.05, 3.63) is 99.1 Å². The van der Waals surface area contributed by atoms with E-state index in [1.807, 2.05) is 6.07 Å². The molecule has 1 amide bonds. The van der Waals surface area contributed by atoms with Gasteiger partial charge in [-0.2, -0.15) is 0 Å². The molecule has 0 fully saturated rings. The molecule has 0 saturated carbocycles. The Morgan fingerprint density at radius 3 is 2.81 bits per heavy atom. The summed E-state index contributed by atoms with van der Waals surface area (Å²) in [6, 6.07) is 12.7. The molecule has 0 N–H and O–H groups in total. The van der Waals surface area contributed by atoms with E-state index in [-0.39, 0.29) is 28.2 Å². The zero-order chi connectivity index (χ0) is 22.4. The number of ether oxygens (including phenoxy) is 1. The first-order valence-electron chi connectivity index (χ1n) is 9.84. The summed E-state index contributed by atoms with van der Waals surface area (Å²) < 4.78 is 16.8. The Labute approximate surface area is 187 Å². The Morgan fingerprint density at radius 2 is 2.06 bits per heavy atom. The lowest BCUT2D eigenvalue weighted by atomic mass is 9.98. The molecule has 160 valence electrons. The summed E-state index contributed by atoms with van der Waals surface area (Å²) in [6.45, 7) is 5.70. The number of carbonyl (C=O) groups excluding carboxylic acids is 1. The Hall–Kier alpha value is -3.84. The van der Waals surface area contributed by atoms with E-state index in [2.05, 4.69) is 11.7 Å². The number of hydrogen-bond donors (Lipinski definition) is 0. The normalized spacial score (nSPS) is 15.2. The molecule has 4 aromatic rings. The number of benzene rings is 2. The first-order chi connectivity index (χ1) is 15.5. The molecule has 0 unspecified atom stereocenters. The van der Waals surface area contributed by atoms with E-state index in [1.54, 1.807) is 49.4 Å². The number of aromatic nitrogens is 1. The van der Waals surface area contributed by atoms with Gasteiger partial charge in [0.25, 0.3) is 5.91 Å². The SMILES string of the molecule is C=CCOc1cccc([C@@H]2c3c(oc4ccc(Cl)cc4c3=O)C(=O)N2c2cc(C)on2)c1. The van der Waals surface area contributed by atoms with Gasteiger partial charge in [0.2, 0.25) is 5.76 Å². The van der Waals surface area contributed by atoms with Crippen LogP contribution in [0.15, 0.2) is 74.9 Å². The second kappa shape index (κ2) is 7.69. The minimum Gasteiger partial charge on any atom is -0.490 e. The highest BCUT2D eigenvalue weighted by Gasteiger charge is 2.45.